The number of amides is 3. The Bertz CT molecular complexity index is 608. The topological polar surface area (TPSA) is 61.4 Å². The summed E-state index contributed by atoms with van der Waals surface area (Å²) in [5.41, 5.74) is 1.94. The predicted octanol–water partition coefficient (Wildman–Crippen LogP) is 3.28. The van der Waals surface area contributed by atoms with E-state index in [2.05, 4.69) is 26.6 Å². The zero-order chi connectivity index (χ0) is 16.4. The van der Waals surface area contributed by atoms with E-state index in [0.29, 0.717) is 32.0 Å². The zero-order valence-corrected chi connectivity index (χ0v) is 14.9. The lowest BCUT2D eigenvalue weighted by atomic mass is 9.96. The first-order valence-corrected chi connectivity index (χ1v) is 8.94. The van der Waals surface area contributed by atoms with E-state index in [9.17, 15) is 9.59 Å². The number of rotatable bonds is 3. The molecular formula is C17H22BrN3O2. The van der Waals surface area contributed by atoms with Gasteiger partial charge in [-0.1, -0.05) is 6.07 Å². The number of urea groups is 1. The van der Waals surface area contributed by atoms with Crippen LogP contribution in [0.2, 0.25) is 0 Å². The van der Waals surface area contributed by atoms with Crippen molar-refractivity contribution in [3.8, 4) is 0 Å². The van der Waals surface area contributed by atoms with Gasteiger partial charge in [-0.3, -0.25) is 4.79 Å². The Balaban J connectivity index is 1.50. The van der Waals surface area contributed by atoms with Gasteiger partial charge in [0.1, 0.15) is 0 Å². The maximum Gasteiger partial charge on any atom is 0.317 e. The number of aryl methyl sites for hydroxylation is 1. The second-order valence-corrected chi connectivity index (χ2v) is 7.31. The highest BCUT2D eigenvalue weighted by Gasteiger charge is 2.30. The molecule has 5 nitrogen and oxygen atoms in total. The summed E-state index contributed by atoms with van der Waals surface area (Å²) >= 11 is 3.48. The Morgan fingerprint density at radius 1 is 1.17 bits per heavy atom. The highest BCUT2D eigenvalue weighted by Crippen LogP contribution is 2.26. The van der Waals surface area contributed by atoms with Crippen LogP contribution in [0.3, 0.4) is 0 Å². The van der Waals surface area contributed by atoms with Crippen molar-refractivity contribution >= 4 is 33.6 Å². The van der Waals surface area contributed by atoms with E-state index in [4.69, 9.17) is 0 Å². The number of anilines is 1. The van der Waals surface area contributed by atoms with Gasteiger partial charge in [0, 0.05) is 29.5 Å². The number of hydrogen-bond acceptors (Lipinski definition) is 2. The van der Waals surface area contributed by atoms with E-state index in [1.54, 1.807) is 0 Å². The van der Waals surface area contributed by atoms with Gasteiger partial charge in [-0.2, -0.15) is 0 Å². The molecule has 0 atom stereocenters. The molecule has 1 aromatic carbocycles. The molecule has 0 unspecified atom stereocenters. The van der Waals surface area contributed by atoms with Crippen molar-refractivity contribution in [2.45, 2.75) is 38.6 Å². The van der Waals surface area contributed by atoms with Crippen LogP contribution < -0.4 is 10.6 Å². The Morgan fingerprint density at radius 3 is 2.48 bits per heavy atom. The maximum absolute atomic E-state index is 12.4. The molecule has 1 heterocycles. The molecule has 1 aliphatic heterocycles. The molecule has 23 heavy (non-hydrogen) atoms. The molecule has 2 N–H and O–H groups in total. The van der Waals surface area contributed by atoms with Gasteiger partial charge in [-0.15, -0.1) is 0 Å². The lowest BCUT2D eigenvalue weighted by molar-refractivity contribution is -0.121. The number of benzene rings is 1. The molecule has 1 aromatic rings. The average Bonchev–Trinajstić information content (AvgIpc) is 3.34. The van der Waals surface area contributed by atoms with Crippen molar-refractivity contribution in [2.75, 3.05) is 18.4 Å². The van der Waals surface area contributed by atoms with Crippen molar-refractivity contribution in [2.24, 2.45) is 5.92 Å². The van der Waals surface area contributed by atoms with Gasteiger partial charge in [0.15, 0.2) is 0 Å². The number of likely N-dealkylation sites (tertiary alicyclic amines) is 1. The van der Waals surface area contributed by atoms with Gasteiger partial charge in [-0.05, 0) is 66.2 Å². The van der Waals surface area contributed by atoms with Gasteiger partial charge in [0.2, 0.25) is 5.91 Å². The van der Waals surface area contributed by atoms with Crippen molar-refractivity contribution < 1.29 is 9.59 Å². The fraction of sp³-hybridized carbons (Fsp3) is 0.529. The van der Waals surface area contributed by atoms with E-state index < -0.39 is 0 Å². The average molecular weight is 380 g/mol. The third-order valence-corrected chi connectivity index (χ3v) is 5.10. The van der Waals surface area contributed by atoms with Crippen LogP contribution in [-0.2, 0) is 4.79 Å². The van der Waals surface area contributed by atoms with Crippen LogP contribution in [0.15, 0.2) is 22.7 Å². The molecule has 0 aromatic heterocycles. The zero-order valence-electron chi connectivity index (χ0n) is 13.3. The van der Waals surface area contributed by atoms with Gasteiger partial charge in [0.25, 0.3) is 0 Å². The van der Waals surface area contributed by atoms with E-state index in [0.717, 1.165) is 28.6 Å². The fourth-order valence-electron chi connectivity index (χ4n) is 2.79. The minimum absolute atomic E-state index is 0.0210. The molecule has 3 rings (SSSR count). The van der Waals surface area contributed by atoms with Gasteiger partial charge in [-0.25, -0.2) is 4.79 Å². The molecule has 0 bridgehead atoms. The summed E-state index contributed by atoms with van der Waals surface area (Å²) in [6.45, 7) is 3.30. The largest absolute Gasteiger partial charge is 0.335 e. The SMILES string of the molecule is Cc1ccc(NC(=O)C2CCN(C(=O)NC3CC3)CC2)c(Br)c1. The van der Waals surface area contributed by atoms with Crippen molar-refractivity contribution in [1.29, 1.82) is 0 Å². The number of nitrogens with zero attached hydrogens (tertiary/aromatic N) is 1. The monoisotopic (exact) mass is 379 g/mol. The molecular weight excluding hydrogens is 358 g/mol. The molecule has 3 amide bonds. The first-order valence-electron chi connectivity index (χ1n) is 8.15. The summed E-state index contributed by atoms with van der Waals surface area (Å²) in [7, 11) is 0. The highest BCUT2D eigenvalue weighted by atomic mass is 79.9. The number of hydrogen-bond donors (Lipinski definition) is 2. The van der Waals surface area contributed by atoms with Crippen LogP contribution in [0, 0.1) is 12.8 Å². The molecule has 2 aliphatic rings. The predicted molar refractivity (Wildman–Crippen MR) is 93.4 cm³/mol. The van der Waals surface area contributed by atoms with Crippen LogP contribution in [0.5, 0.6) is 0 Å². The second-order valence-electron chi connectivity index (χ2n) is 6.46. The normalized spacial score (nSPS) is 18.6. The number of halogens is 1. The molecule has 6 heteroatoms. The van der Waals surface area contributed by atoms with Crippen LogP contribution in [0.25, 0.3) is 0 Å². The van der Waals surface area contributed by atoms with Gasteiger partial charge < -0.3 is 15.5 Å². The number of nitrogens with one attached hydrogen (secondary N) is 2. The minimum Gasteiger partial charge on any atom is -0.335 e. The summed E-state index contributed by atoms with van der Waals surface area (Å²) in [5, 5.41) is 5.99. The first-order chi connectivity index (χ1) is 11.0. The number of carbonyl (C=O) groups excluding carboxylic acids is 2. The van der Waals surface area contributed by atoms with Crippen LogP contribution in [-0.4, -0.2) is 36.0 Å². The summed E-state index contributed by atoms with van der Waals surface area (Å²) < 4.78 is 0.895. The third kappa shape index (κ3) is 4.25. The molecule has 0 spiro atoms. The highest BCUT2D eigenvalue weighted by molar-refractivity contribution is 9.10. The van der Waals surface area contributed by atoms with E-state index >= 15 is 0 Å². The van der Waals surface area contributed by atoms with E-state index in [-0.39, 0.29) is 17.9 Å². The van der Waals surface area contributed by atoms with Crippen molar-refractivity contribution in [3.63, 3.8) is 0 Å². The fourth-order valence-corrected chi connectivity index (χ4v) is 3.39. The quantitative estimate of drug-likeness (QED) is 0.846. The first kappa shape index (κ1) is 16.3. The Kier molecular flexibility index (Phi) is 4.90. The van der Waals surface area contributed by atoms with Crippen molar-refractivity contribution in [1.82, 2.24) is 10.2 Å². The maximum atomic E-state index is 12.4. The molecule has 1 saturated carbocycles. The number of piperidine rings is 1. The summed E-state index contributed by atoms with van der Waals surface area (Å²) in [6.07, 6.45) is 3.62. The number of carbonyl (C=O) groups is 2. The Hall–Kier alpha value is -1.56. The third-order valence-electron chi connectivity index (χ3n) is 4.44. The molecule has 1 aliphatic carbocycles. The lowest BCUT2D eigenvalue weighted by Gasteiger charge is -2.31. The van der Waals surface area contributed by atoms with Gasteiger partial charge >= 0.3 is 6.03 Å². The van der Waals surface area contributed by atoms with Crippen LogP contribution in [0.1, 0.15) is 31.2 Å². The standard InChI is InChI=1S/C17H22BrN3O2/c1-11-2-5-15(14(18)10-11)20-16(22)12-6-8-21(9-7-12)17(23)19-13-3-4-13/h2,5,10,12-13H,3-4,6-9H2,1H3,(H,19,23)(H,20,22). The van der Waals surface area contributed by atoms with Gasteiger partial charge in [0.05, 0.1) is 5.69 Å². The smallest absolute Gasteiger partial charge is 0.317 e. The molecule has 124 valence electrons. The second kappa shape index (κ2) is 6.91. The lowest BCUT2D eigenvalue weighted by Crippen LogP contribution is -2.46. The molecule has 1 saturated heterocycles. The summed E-state index contributed by atoms with van der Waals surface area (Å²) in [5.74, 6) is 0.00461. The molecule has 0 radical (unpaired) electrons. The van der Waals surface area contributed by atoms with Crippen LogP contribution in [0.4, 0.5) is 10.5 Å². The Labute approximate surface area is 144 Å². The Morgan fingerprint density at radius 2 is 1.87 bits per heavy atom. The van der Waals surface area contributed by atoms with E-state index in [1.165, 1.54) is 0 Å². The molecule has 2 fully saturated rings. The van der Waals surface area contributed by atoms with Crippen LogP contribution >= 0.6 is 15.9 Å². The van der Waals surface area contributed by atoms with Crippen molar-refractivity contribution in [3.05, 3.63) is 28.2 Å². The van der Waals surface area contributed by atoms with E-state index in [1.807, 2.05) is 30.0 Å². The summed E-state index contributed by atoms with van der Waals surface area (Å²) in [6, 6.07) is 6.27. The summed E-state index contributed by atoms with van der Waals surface area (Å²) in [4.78, 5) is 26.2. The minimum atomic E-state index is -0.0341.